The molecule has 0 unspecified atom stereocenters. The third kappa shape index (κ3) is 4.56. The lowest BCUT2D eigenvalue weighted by atomic mass is 10.1. The second kappa shape index (κ2) is 8.25. The summed E-state index contributed by atoms with van der Waals surface area (Å²) >= 11 is 0. The monoisotopic (exact) mass is 369 g/mol. The van der Waals surface area contributed by atoms with E-state index >= 15 is 0 Å². The highest BCUT2D eigenvalue weighted by Crippen LogP contribution is 2.32. The van der Waals surface area contributed by atoms with Crippen molar-refractivity contribution in [2.45, 2.75) is 33.1 Å². The highest BCUT2D eigenvalue weighted by molar-refractivity contribution is 5.96. The largest absolute Gasteiger partial charge is 0.471 e. The van der Waals surface area contributed by atoms with Crippen molar-refractivity contribution in [3.8, 4) is 5.88 Å². The number of benzene rings is 1. The fourth-order valence-corrected chi connectivity index (χ4v) is 2.63. The summed E-state index contributed by atoms with van der Waals surface area (Å²) < 4.78 is 46.2. The van der Waals surface area contributed by atoms with Crippen LogP contribution in [-0.4, -0.2) is 33.7 Å². The van der Waals surface area contributed by atoms with E-state index in [0.29, 0.717) is 13.1 Å². The molecule has 1 aromatic carbocycles. The van der Waals surface area contributed by atoms with Crippen molar-refractivity contribution in [1.82, 2.24) is 14.7 Å². The molecule has 26 heavy (non-hydrogen) atoms. The fourth-order valence-electron chi connectivity index (χ4n) is 2.63. The lowest BCUT2D eigenvalue weighted by Crippen LogP contribution is -2.31. The first-order valence-corrected chi connectivity index (χ1v) is 8.38. The zero-order chi connectivity index (χ0) is 19.3. The highest BCUT2D eigenvalue weighted by atomic mass is 19.4. The predicted molar refractivity (Wildman–Crippen MR) is 90.9 cm³/mol. The van der Waals surface area contributed by atoms with Crippen molar-refractivity contribution in [3.63, 3.8) is 0 Å². The van der Waals surface area contributed by atoms with Gasteiger partial charge in [-0.05, 0) is 19.4 Å². The van der Waals surface area contributed by atoms with Gasteiger partial charge in [0, 0.05) is 31.9 Å². The average molecular weight is 369 g/mol. The molecule has 0 atom stereocenters. The maximum Gasteiger partial charge on any atom is 0.416 e. The molecule has 0 aliphatic heterocycles. The maximum atomic E-state index is 13.1. The molecule has 0 radical (unpaired) electrons. The zero-order valence-electron chi connectivity index (χ0n) is 15.0. The van der Waals surface area contributed by atoms with Gasteiger partial charge in [0.1, 0.15) is 12.2 Å². The molecule has 0 aliphatic carbocycles. The molecule has 0 saturated heterocycles. The SMILES string of the molecule is CCCN(CC)C(=O)c1cn(C)nc1OCc1ccccc1C(F)(F)F. The fraction of sp³-hybridized carbons (Fsp3) is 0.444. The first kappa shape index (κ1) is 19.8. The van der Waals surface area contributed by atoms with Crippen molar-refractivity contribution in [2.24, 2.45) is 7.05 Å². The lowest BCUT2D eigenvalue weighted by Gasteiger charge is -2.19. The number of aryl methyl sites for hydroxylation is 1. The van der Waals surface area contributed by atoms with E-state index in [1.165, 1.54) is 29.1 Å². The summed E-state index contributed by atoms with van der Waals surface area (Å²) in [5, 5.41) is 4.08. The van der Waals surface area contributed by atoms with Gasteiger partial charge in [-0.3, -0.25) is 9.48 Å². The second-order valence-corrected chi connectivity index (χ2v) is 5.85. The molecule has 1 aromatic heterocycles. The van der Waals surface area contributed by atoms with E-state index in [0.717, 1.165) is 12.5 Å². The minimum Gasteiger partial charge on any atom is -0.471 e. The van der Waals surface area contributed by atoms with Gasteiger partial charge in [-0.1, -0.05) is 25.1 Å². The van der Waals surface area contributed by atoms with Crippen LogP contribution in [0.4, 0.5) is 13.2 Å². The van der Waals surface area contributed by atoms with Gasteiger partial charge in [-0.15, -0.1) is 5.10 Å². The molecular weight excluding hydrogens is 347 g/mol. The van der Waals surface area contributed by atoms with E-state index in [1.54, 1.807) is 11.9 Å². The van der Waals surface area contributed by atoms with Crippen LogP contribution in [0.25, 0.3) is 0 Å². The maximum absolute atomic E-state index is 13.1. The molecule has 8 heteroatoms. The van der Waals surface area contributed by atoms with E-state index in [9.17, 15) is 18.0 Å². The minimum atomic E-state index is -4.47. The number of nitrogens with zero attached hydrogens (tertiary/aromatic N) is 3. The number of ether oxygens (including phenoxy) is 1. The van der Waals surface area contributed by atoms with E-state index in [1.807, 2.05) is 13.8 Å². The highest BCUT2D eigenvalue weighted by Gasteiger charge is 2.33. The second-order valence-electron chi connectivity index (χ2n) is 5.85. The van der Waals surface area contributed by atoms with Crippen LogP contribution in [0.5, 0.6) is 5.88 Å². The standard InChI is InChI=1S/C18H22F3N3O2/c1-4-10-24(5-2)17(25)14-11-23(3)22-16(14)26-12-13-8-6-7-9-15(13)18(19,20)21/h6-9,11H,4-5,10,12H2,1-3H3. The Bertz CT molecular complexity index is 756. The average Bonchev–Trinajstić information content (AvgIpc) is 2.97. The Hall–Kier alpha value is -2.51. The smallest absolute Gasteiger partial charge is 0.416 e. The number of rotatable bonds is 7. The molecule has 2 rings (SSSR count). The van der Waals surface area contributed by atoms with Gasteiger partial charge in [0.25, 0.3) is 5.91 Å². The van der Waals surface area contributed by atoms with Crippen LogP contribution in [-0.2, 0) is 19.8 Å². The Morgan fingerprint density at radius 2 is 1.96 bits per heavy atom. The van der Waals surface area contributed by atoms with Gasteiger partial charge in [-0.25, -0.2) is 0 Å². The van der Waals surface area contributed by atoms with Crippen molar-refractivity contribution < 1.29 is 22.7 Å². The Morgan fingerprint density at radius 3 is 2.58 bits per heavy atom. The van der Waals surface area contributed by atoms with Crippen molar-refractivity contribution in [3.05, 3.63) is 47.2 Å². The Kier molecular flexibility index (Phi) is 6.28. The quantitative estimate of drug-likeness (QED) is 0.744. The molecule has 1 amide bonds. The molecule has 0 bridgehead atoms. The number of hydrogen-bond acceptors (Lipinski definition) is 3. The molecule has 0 saturated carbocycles. The summed E-state index contributed by atoms with van der Waals surface area (Å²) in [6.45, 7) is 4.61. The molecular formula is C18H22F3N3O2. The Balaban J connectivity index is 2.23. The van der Waals surface area contributed by atoms with E-state index in [2.05, 4.69) is 5.10 Å². The van der Waals surface area contributed by atoms with E-state index in [4.69, 9.17) is 4.74 Å². The first-order valence-electron chi connectivity index (χ1n) is 8.38. The van der Waals surface area contributed by atoms with E-state index in [-0.39, 0.29) is 29.5 Å². The molecule has 5 nitrogen and oxygen atoms in total. The van der Waals surface area contributed by atoms with Gasteiger partial charge < -0.3 is 9.64 Å². The third-order valence-electron chi connectivity index (χ3n) is 3.87. The summed E-state index contributed by atoms with van der Waals surface area (Å²) in [7, 11) is 1.63. The van der Waals surface area contributed by atoms with Gasteiger partial charge in [0.15, 0.2) is 0 Å². The molecule has 0 fully saturated rings. The van der Waals surface area contributed by atoms with Gasteiger partial charge in [0.2, 0.25) is 5.88 Å². The van der Waals surface area contributed by atoms with Crippen molar-refractivity contribution in [2.75, 3.05) is 13.1 Å². The van der Waals surface area contributed by atoms with Crippen LogP contribution < -0.4 is 4.74 Å². The molecule has 0 aliphatic rings. The minimum absolute atomic E-state index is 0.00930. The number of halogens is 3. The summed E-state index contributed by atoms with van der Waals surface area (Å²) in [6.07, 6.45) is -2.15. The first-order chi connectivity index (χ1) is 12.3. The number of aromatic nitrogens is 2. The molecule has 2 aromatic rings. The normalized spacial score (nSPS) is 11.5. The summed E-state index contributed by atoms with van der Waals surface area (Å²) in [5.41, 5.74) is -0.526. The van der Waals surface area contributed by atoms with Crippen LogP contribution in [0, 0.1) is 0 Å². The van der Waals surface area contributed by atoms with Crippen molar-refractivity contribution >= 4 is 5.91 Å². The van der Waals surface area contributed by atoms with Crippen LogP contribution >= 0.6 is 0 Å². The summed E-state index contributed by atoms with van der Waals surface area (Å²) in [5.74, 6) is -0.217. The third-order valence-corrected chi connectivity index (χ3v) is 3.87. The Labute approximate surface area is 150 Å². The van der Waals surface area contributed by atoms with Crippen molar-refractivity contribution in [1.29, 1.82) is 0 Å². The zero-order valence-corrected chi connectivity index (χ0v) is 15.0. The van der Waals surface area contributed by atoms with E-state index < -0.39 is 11.7 Å². The molecule has 0 spiro atoms. The van der Waals surface area contributed by atoms with Gasteiger partial charge >= 0.3 is 6.18 Å². The molecule has 0 N–H and O–H groups in total. The Morgan fingerprint density at radius 1 is 1.27 bits per heavy atom. The van der Waals surface area contributed by atoms with Crippen LogP contribution in [0.3, 0.4) is 0 Å². The van der Waals surface area contributed by atoms with Gasteiger partial charge in [-0.2, -0.15) is 13.2 Å². The summed E-state index contributed by atoms with van der Waals surface area (Å²) in [6, 6.07) is 5.19. The van der Waals surface area contributed by atoms with Crippen LogP contribution in [0.15, 0.2) is 30.5 Å². The number of amides is 1. The summed E-state index contributed by atoms with van der Waals surface area (Å²) in [4.78, 5) is 14.3. The number of carbonyl (C=O) groups is 1. The molecule has 1 heterocycles. The molecule has 142 valence electrons. The number of hydrogen-bond donors (Lipinski definition) is 0. The van der Waals surface area contributed by atoms with Gasteiger partial charge in [0.05, 0.1) is 5.56 Å². The predicted octanol–water partition coefficient (Wildman–Crippen LogP) is 3.89. The van der Waals surface area contributed by atoms with Crippen LogP contribution in [0.1, 0.15) is 41.8 Å². The number of carbonyl (C=O) groups excluding carboxylic acids is 1. The lowest BCUT2D eigenvalue weighted by molar-refractivity contribution is -0.138. The number of alkyl halides is 3. The van der Waals surface area contributed by atoms with Crippen LogP contribution in [0.2, 0.25) is 0 Å². The topological polar surface area (TPSA) is 47.4 Å².